The van der Waals surface area contributed by atoms with Crippen molar-refractivity contribution in [2.45, 2.75) is 0 Å². The summed E-state index contributed by atoms with van der Waals surface area (Å²) < 4.78 is 2.44. The molecule has 0 aliphatic carbocycles. The molecule has 9 rings (SSSR count). The molecule has 0 saturated heterocycles. The summed E-state index contributed by atoms with van der Waals surface area (Å²) in [5.41, 5.74) is 9.25. The second-order valence-electron chi connectivity index (χ2n) is 11.2. The minimum atomic E-state index is 0.824. The Morgan fingerprint density at radius 3 is 1.71 bits per heavy atom. The standard InChI is InChI=1S/C40H24BN/c41-35-22-16-28-13-21-34-39-30(15-19-32(35)38(28)39)24-37-40(34)33-20-14-29(26-9-5-2-6-10-26)23-36(33)42(37)31-17-11-27(12-18-31)25-7-3-1-4-8-25/h1-24H. The monoisotopic (exact) mass is 529 g/mol. The molecular formula is C40H24BN. The van der Waals surface area contributed by atoms with E-state index < -0.39 is 0 Å². The highest BCUT2D eigenvalue weighted by Crippen LogP contribution is 2.43. The quantitative estimate of drug-likeness (QED) is 0.159. The van der Waals surface area contributed by atoms with Gasteiger partial charge in [0.15, 0.2) is 0 Å². The molecule has 42 heavy (non-hydrogen) atoms. The third kappa shape index (κ3) is 3.33. The number of nitrogens with zero attached hydrogens (tertiary/aromatic N) is 1. The van der Waals surface area contributed by atoms with E-state index in [0.717, 1.165) is 16.5 Å². The zero-order chi connectivity index (χ0) is 27.8. The lowest BCUT2D eigenvalue weighted by Crippen LogP contribution is -2.03. The van der Waals surface area contributed by atoms with Gasteiger partial charge in [-0.25, -0.2) is 0 Å². The molecule has 2 heteroatoms. The van der Waals surface area contributed by atoms with Crippen LogP contribution >= 0.6 is 0 Å². The summed E-state index contributed by atoms with van der Waals surface area (Å²) in [5, 5.41) is 9.91. The van der Waals surface area contributed by atoms with Crippen LogP contribution in [-0.2, 0) is 0 Å². The molecule has 0 saturated carbocycles. The van der Waals surface area contributed by atoms with Crippen LogP contribution in [0.1, 0.15) is 0 Å². The van der Waals surface area contributed by atoms with Gasteiger partial charge in [0.2, 0.25) is 0 Å². The number of benzene rings is 8. The molecule has 0 spiro atoms. The molecule has 0 aliphatic rings. The largest absolute Gasteiger partial charge is 0.309 e. The second kappa shape index (κ2) is 8.83. The third-order valence-electron chi connectivity index (χ3n) is 8.88. The average Bonchev–Trinajstić information content (AvgIpc) is 3.38. The average molecular weight is 529 g/mol. The van der Waals surface area contributed by atoms with Crippen molar-refractivity contribution in [3.05, 3.63) is 146 Å². The zero-order valence-electron chi connectivity index (χ0n) is 22.9. The van der Waals surface area contributed by atoms with E-state index in [0.29, 0.717) is 0 Å². The highest BCUT2D eigenvalue weighted by molar-refractivity contribution is 6.43. The number of aromatic nitrogens is 1. The Morgan fingerprint density at radius 2 is 0.952 bits per heavy atom. The van der Waals surface area contributed by atoms with Crippen LogP contribution in [0.3, 0.4) is 0 Å². The lowest BCUT2D eigenvalue weighted by Gasteiger charge is -2.15. The van der Waals surface area contributed by atoms with Crippen molar-refractivity contribution in [1.29, 1.82) is 0 Å². The molecule has 8 aromatic carbocycles. The van der Waals surface area contributed by atoms with Crippen molar-refractivity contribution in [2.75, 3.05) is 0 Å². The summed E-state index contributed by atoms with van der Waals surface area (Å²) in [7, 11) is 6.47. The summed E-state index contributed by atoms with van der Waals surface area (Å²) >= 11 is 0. The van der Waals surface area contributed by atoms with Crippen LogP contribution in [0.2, 0.25) is 0 Å². The van der Waals surface area contributed by atoms with Gasteiger partial charge in [-0.05, 0) is 78.8 Å². The molecule has 0 aliphatic heterocycles. The first-order valence-electron chi connectivity index (χ1n) is 14.4. The predicted molar refractivity (Wildman–Crippen MR) is 181 cm³/mol. The van der Waals surface area contributed by atoms with Crippen LogP contribution in [0.25, 0.3) is 82.1 Å². The minimum absolute atomic E-state index is 0.824. The summed E-state index contributed by atoms with van der Waals surface area (Å²) in [6.45, 7) is 0. The Bertz CT molecular complexity index is 2440. The van der Waals surface area contributed by atoms with E-state index in [4.69, 9.17) is 7.85 Å². The molecule has 192 valence electrons. The lowest BCUT2D eigenvalue weighted by molar-refractivity contribution is 1.18. The van der Waals surface area contributed by atoms with E-state index in [1.165, 1.54) is 71.0 Å². The lowest BCUT2D eigenvalue weighted by atomic mass is 9.84. The van der Waals surface area contributed by atoms with Crippen LogP contribution < -0.4 is 5.46 Å². The van der Waals surface area contributed by atoms with Crippen molar-refractivity contribution in [3.8, 4) is 27.9 Å². The molecule has 0 N–H and O–H groups in total. The highest BCUT2D eigenvalue weighted by Gasteiger charge is 2.19. The van der Waals surface area contributed by atoms with Gasteiger partial charge < -0.3 is 4.57 Å². The van der Waals surface area contributed by atoms with Crippen LogP contribution in [-0.4, -0.2) is 12.4 Å². The molecule has 1 heterocycles. The fourth-order valence-electron chi connectivity index (χ4n) is 6.92. The van der Waals surface area contributed by atoms with Gasteiger partial charge in [0.25, 0.3) is 0 Å². The Morgan fingerprint density at radius 1 is 0.381 bits per heavy atom. The summed E-state index contributed by atoms with van der Waals surface area (Å²) in [6.07, 6.45) is 0. The first kappa shape index (κ1) is 23.4. The van der Waals surface area contributed by atoms with Crippen LogP contribution in [0.5, 0.6) is 0 Å². The van der Waals surface area contributed by atoms with E-state index in [1.54, 1.807) is 0 Å². The van der Waals surface area contributed by atoms with E-state index >= 15 is 0 Å². The van der Waals surface area contributed by atoms with E-state index in [2.05, 4.69) is 144 Å². The molecule has 0 bridgehead atoms. The maximum Gasteiger partial charge on any atom is 0.114 e. The Balaban J connectivity index is 1.40. The summed E-state index contributed by atoms with van der Waals surface area (Å²) in [6, 6.07) is 52.6. The van der Waals surface area contributed by atoms with E-state index in [-0.39, 0.29) is 0 Å². The van der Waals surface area contributed by atoms with Gasteiger partial charge in [-0.15, -0.1) is 0 Å². The van der Waals surface area contributed by atoms with Crippen molar-refractivity contribution >= 4 is 67.4 Å². The Kier molecular flexibility index (Phi) is 4.92. The number of hydrogen-bond donors (Lipinski definition) is 0. The third-order valence-corrected chi connectivity index (χ3v) is 8.88. The number of fused-ring (bicyclic) bond motifs is 4. The molecule has 0 amide bonds. The van der Waals surface area contributed by atoms with Gasteiger partial charge >= 0.3 is 0 Å². The summed E-state index contributed by atoms with van der Waals surface area (Å²) in [5.74, 6) is 0. The van der Waals surface area contributed by atoms with Crippen LogP contribution in [0, 0.1) is 0 Å². The van der Waals surface area contributed by atoms with Gasteiger partial charge in [0, 0.05) is 16.5 Å². The van der Waals surface area contributed by atoms with Gasteiger partial charge in [-0.1, -0.05) is 127 Å². The molecule has 0 fully saturated rings. The van der Waals surface area contributed by atoms with Gasteiger partial charge in [-0.3, -0.25) is 0 Å². The van der Waals surface area contributed by atoms with Crippen molar-refractivity contribution in [2.24, 2.45) is 0 Å². The van der Waals surface area contributed by atoms with Crippen molar-refractivity contribution in [3.63, 3.8) is 0 Å². The van der Waals surface area contributed by atoms with Gasteiger partial charge in [0.05, 0.1) is 11.0 Å². The minimum Gasteiger partial charge on any atom is -0.309 e. The molecule has 1 nitrogen and oxygen atoms in total. The Hall–Kier alpha value is -5.34. The molecule has 0 unspecified atom stereocenters. The van der Waals surface area contributed by atoms with Crippen molar-refractivity contribution < 1.29 is 0 Å². The summed E-state index contributed by atoms with van der Waals surface area (Å²) in [4.78, 5) is 0. The number of rotatable bonds is 3. The first-order valence-corrected chi connectivity index (χ1v) is 14.4. The fourth-order valence-corrected chi connectivity index (χ4v) is 6.92. The second-order valence-corrected chi connectivity index (χ2v) is 11.2. The number of hydrogen-bond acceptors (Lipinski definition) is 0. The molecule has 1 aromatic heterocycles. The highest BCUT2D eigenvalue weighted by atomic mass is 15.0. The van der Waals surface area contributed by atoms with Crippen LogP contribution in [0.4, 0.5) is 0 Å². The Labute approximate surface area is 245 Å². The molecular weight excluding hydrogens is 505 g/mol. The van der Waals surface area contributed by atoms with Gasteiger partial charge in [-0.2, -0.15) is 0 Å². The molecule has 2 radical (unpaired) electrons. The van der Waals surface area contributed by atoms with Crippen molar-refractivity contribution in [1.82, 2.24) is 4.57 Å². The van der Waals surface area contributed by atoms with Crippen LogP contribution in [0.15, 0.2) is 146 Å². The maximum atomic E-state index is 6.47. The van der Waals surface area contributed by atoms with E-state index in [1.807, 2.05) is 6.07 Å². The zero-order valence-corrected chi connectivity index (χ0v) is 22.9. The van der Waals surface area contributed by atoms with E-state index in [9.17, 15) is 0 Å². The normalized spacial score (nSPS) is 11.9. The first-order chi connectivity index (χ1) is 20.7. The fraction of sp³-hybridized carbons (Fsp3) is 0. The SMILES string of the molecule is [B]c1ccc2ccc3c4c(ccc1c24)cc1c3c2ccc(-c3ccccc3)cc2n1-c1ccc(-c2ccccc2)cc1. The van der Waals surface area contributed by atoms with Gasteiger partial charge in [0.1, 0.15) is 7.85 Å². The maximum absolute atomic E-state index is 6.47. The topological polar surface area (TPSA) is 4.93 Å². The molecule has 9 aromatic rings. The smallest absolute Gasteiger partial charge is 0.114 e. The molecule has 0 atom stereocenters. The predicted octanol–water partition coefficient (Wildman–Crippen LogP) is 9.81.